The average Bonchev–Trinajstić information content (AvgIpc) is 2.47. The minimum Gasteiger partial charge on any atom is -0.342 e. The summed E-state index contributed by atoms with van der Waals surface area (Å²) >= 11 is 3.57. The number of rotatable bonds is 4. The minimum atomic E-state index is 0.168. The maximum atomic E-state index is 12.5. The summed E-state index contributed by atoms with van der Waals surface area (Å²) in [5.74, 6) is 0.925. The average molecular weight is 353 g/mol. The smallest absolute Gasteiger partial charge is 0.223 e. The molecular weight excluding hydrogens is 328 g/mol. The summed E-state index contributed by atoms with van der Waals surface area (Å²) in [6.45, 7) is 5.86. The normalized spacial score (nSPS) is 21.9. The molecule has 1 aromatic rings. The molecule has 3 nitrogen and oxygen atoms in total. The van der Waals surface area contributed by atoms with Gasteiger partial charge in [-0.25, -0.2) is 0 Å². The van der Waals surface area contributed by atoms with Crippen LogP contribution in [0.5, 0.6) is 0 Å². The van der Waals surface area contributed by atoms with Crippen molar-refractivity contribution in [3.05, 3.63) is 34.3 Å². The Morgan fingerprint density at radius 2 is 2.14 bits per heavy atom. The van der Waals surface area contributed by atoms with Crippen LogP contribution in [0.2, 0.25) is 0 Å². The second-order valence-electron chi connectivity index (χ2n) is 6.23. The van der Waals surface area contributed by atoms with Crippen molar-refractivity contribution in [2.24, 2.45) is 11.7 Å². The van der Waals surface area contributed by atoms with E-state index in [-0.39, 0.29) is 17.9 Å². The molecule has 3 atom stereocenters. The van der Waals surface area contributed by atoms with Gasteiger partial charge in [0.25, 0.3) is 0 Å². The van der Waals surface area contributed by atoms with Gasteiger partial charge < -0.3 is 10.6 Å². The highest BCUT2D eigenvalue weighted by atomic mass is 79.9. The van der Waals surface area contributed by atoms with Gasteiger partial charge in [0.15, 0.2) is 0 Å². The van der Waals surface area contributed by atoms with Gasteiger partial charge in [-0.15, -0.1) is 0 Å². The fourth-order valence-corrected chi connectivity index (χ4v) is 3.72. The van der Waals surface area contributed by atoms with E-state index in [0.29, 0.717) is 12.3 Å². The van der Waals surface area contributed by atoms with Crippen LogP contribution in [0.15, 0.2) is 28.7 Å². The highest BCUT2D eigenvalue weighted by Crippen LogP contribution is 2.28. The summed E-state index contributed by atoms with van der Waals surface area (Å²) in [5, 5.41) is 0. The van der Waals surface area contributed by atoms with E-state index in [9.17, 15) is 4.79 Å². The van der Waals surface area contributed by atoms with Crippen molar-refractivity contribution >= 4 is 21.8 Å². The number of nitrogens with two attached hydrogens (primary N) is 1. The van der Waals surface area contributed by atoms with Gasteiger partial charge in [-0.1, -0.05) is 41.1 Å². The van der Waals surface area contributed by atoms with Crippen molar-refractivity contribution in [1.82, 2.24) is 4.90 Å². The summed E-state index contributed by atoms with van der Waals surface area (Å²) in [6.07, 6.45) is 2.77. The van der Waals surface area contributed by atoms with Gasteiger partial charge >= 0.3 is 0 Å². The number of carbonyl (C=O) groups is 1. The minimum absolute atomic E-state index is 0.168. The first-order valence-electron chi connectivity index (χ1n) is 7.76. The molecule has 1 heterocycles. The van der Waals surface area contributed by atoms with E-state index in [0.717, 1.165) is 30.4 Å². The van der Waals surface area contributed by atoms with Gasteiger partial charge in [0.1, 0.15) is 0 Å². The molecule has 2 N–H and O–H groups in total. The van der Waals surface area contributed by atoms with Crippen LogP contribution in [-0.2, 0) is 4.79 Å². The summed E-state index contributed by atoms with van der Waals surface area (Å²) in [7, 11) is 0. The molecular formula is C17H25BrN2O. The van der Waals surface area contributed by atoms with Crippen LogP contribution in [0.25, 0.3) is 0 Å². The molecule has 0 saturated carbocycles. The van der Waals surface area contributed by atoms with Crippen molar-refractivity contribution in [1.29, 1.82) is 0 Å². The topological polar surface area (TPSA) is 46.3 Å². The zero-order valence-corrected chi connectivity index (χ0v) is 14.5. The van der Waals surface area contributed by atoms with Gasteiger partial charge in [-0.2, -0.15) is 0 Å². The molecule has 21 heavy (non-hydrogen) atoms. The third-order valence-electron chi connectivity index (χ3n) is 4.47. The SMILES string of the molecule is C[C@H](CC(=O)N1CCC[C@@H]([C@H](C)N)C1)c1ccccc1Br. The molecule has 0 unspecified atom stereocenters. The molecule has 0 radical (unpaired) electrons. The molecule has 1 fully saturated rings. The van der Waals surface area contributed by atoms with Crippen LogP contribution in [0.1, 0.15) is 44.6 Å². The lowest BCUT2D eigenvalue weighted by atomic mass is 9.91. The molecule has 0 aromatic heterocycles. The molecule has 1 aromatic carbocycles. The molecule has 4 heteroatoms. The summed E-state index contributed by atoms with van der Waals surface area (Å²) in [5.41, 5.74) is 7.20. The van der Waals surface area contributed by atoms with Crippen LogP contribution in [0.3, 0.4) is 0 Å². The third kappa shape index (κ3) is 4.30. The highest BCUT2D eigenvalue weighted by molar-refractivity contribution is 9.10. The van der Waals surface area contributed by atoms with Crippen LogP contribution in [0.4, 0.5) is 0 Å². The van der Waals surface area contributed by atoms with E-state index < -0.39 is 0 Å². The van der Waals surface area contributed by atoms with E-state index in [1.54, 1.807) is 0 Å². The lowest BCUT2D eigenvalue weighted by molar-refractivity contribution is -0.133. The van der Waals surface area contributed by atoms with E-state index >= 15 is 0 Å². The second kappa shape index (κ2) is 7.41. The van der Waals surface area contributed by atoms with Crippen molar-refractivity contribution in [3.8, 4) is 0 Å². The Kier molecular flexibility index (Phi) is 5.82. The standard InChI is InChI=1S/C17H25BrN2O/c1-12(15-7-3-4-8-16(15)18)10-17(21)20-9-5-6-14(11-20)13(2)19/h3-4,7-8,12-14H,5-6,9-11,19H2,1-2H3/t12-,13+,14-/m1/s1. The third-order valence-corrected chi connectivity index (χ3v) is 5.19. The molecule has 1 aliphatic rings. The number of piperidine rings is 1. The van der Waals surface area contributed by atoms with Crippen molar-refractivity contribution < 1.29 is 4.79 Å². The zero-order valence-electron chi connectivity index (χ0n) is 12.9. The number of amides is 1. The highest BCUT2D eigenvalue weighted by Gasteiger charge is 2.26. The Labute approximate surface area is 136 Å². The molecule has 116 valence electrons. The Morgan fingerprint density at radius 3 is 2.81 bits per heavy atom. The van der Waals surface area contributed by atoms with Crippen LogP contribution < -0.4 is 5.73 Å². The summed E-state index contributed by atoms with van der Waals surface area (Å²) in [4.78, 5) is 14.5. The lowest BCUT2D eigenvalue weighted by Crippen LogP contribution is -2.45. The van der Waals surface area contributed by atoms with E-state index in [4.69, 9.17) is 5.73 Å². The van der Waals surface area contributed by atoms with Crippen molar-refractivity contribution in [3.63, 3.8) is 0 Å². The van der Waals surface area contributed by atoms with Gasteiger partial charge in [-0.3, -0.25) is 4.79 Å². The maximum Gasteiger partial charge on any atom is 0.223 e. The van der Waals surface area contributed by atoms with E-state index in [1.165, 1.54) is 5.56 Å². The fraction of sp³-hybridized carbons (Fsp3) is 0.588. The van der Waals surface area contributed by atoms with Crippen LogP contribution in [-0.4, -0.2) is 29.9 Å². The Morgan fingerprint density at radius 1 is 1.43 bits per heavy atom. The summed E-state index contributed by atoms with van der Waals surface area (Å²) in [6, 6.07) is 8.31. The maximum absolute atomic E-state index is 12.5. The zero-order chi connectivity index (χ0) is 15.4. The molecule has 2 rings (SSSR count). The van der Waals surface area contributed by atoms with Crippen LogP contribution >= 0.6 is 15.9 Å². The fourth-order valence-electron chi connectivity index (χ4n) is 3.04. The molecule has 0 bridgehead atoms. The molecule has 1 amide bonds. The number of halogens is 1. The molecule has 0 spiro atoms. The number of hydrogen-bond donors (Lipinski definition) is 1. The first kappa shape index (κ1) is 16.5. The van der Waals surface area contributed by atoms with E-state index in [1.807, 2.05) is 30.0 Å². The van der Waals surface area contributed by atoms with Crippen molar-refractivity contribution in [2.75, 3.05) is 13.1 Å². The molecule has 1 saturated heterocycles. The van der Waals surface area contributed by atoms with E-state index in [2.05, 4.69) is 28.9 Å². The predicted octanol–water partition coefficient (Wildman–Crippen LogP) is 3.53. The molecule has 1 aliphatic heterocycles. The monoisotopic (exact) mass is 352 g/mol. The number of hydrogen-bond acceptors (Lipinski definition) is 2. The first-order chi connectivity index (χ1) is 9.99. The number of carbonyl (C=O) groups excluding carboxylic acids is 1. The second-order valence-corrected chi connectivity index (χ2v) is 7.08. The van der Waals surface area contributed by atoms with Gasteiger partial charge in [0.2, 0.25) is 5.91 Å². The Bertz CT molecular complexity index is 489. The predicted molar refractivity (Wildman–Crippen MR) is 90.1 cm³/mol. The summed E-state index contributed by atoms with van der Waals surface area (Å²) < 4.78 is 1.08. The van der Waals surface area contributed by atoms with Gasteiger partial charge in [-0.05, 0) is 43.2 Å². The number of likely N-dealkylation sites (tertiary alicyclic amines) is 1. The number of nitrogens with zero attached hydrogens (tertiary/aromatic N) is 1. The van der Waals surface area contributed by atoms with Crippen molar-refractivity contribution in [2.45, 2.75) is 45.1 Å². The lowest BCUT2D eigenvalue weighted by Gasteiger charge is -2.35. The Hall–Kier alpha value is -0.870. The largest absolute Gasteiger partial charge is 0.342 e. The van der Waals surface area contributed by atoms with Gasteiger partial charge in [0.05, 0.1) is 0 Å². The van der Waals surface area contributed by atoms with Gasteiger partial charge in [0, 0.05) is 30.0 Å². The number of benzene rings is 1. The Balaban J connectivity index is 1.96. The van der Waals surface area contributed by atoms with Crippen LogP contribution in [0, 0.1) is 5.92 Å². The first-order valence-corrected chi connectivity index (χ1v) is 8.56. The quantitative estimate of drug-likeness (QED) is 0.900. The molecule has 0 aliphatic carbocycles.